The summed E-state index contributed by atoms with van der Waals surface area (Å²) in [6, 6.07) is 7.29. The quantitative estimate of drug-likeness (QED) is 0.523. The lowest BCUT2D eigenvalue weighted by molar-refractivity contribution is 0.136. The normalized spacial score (nSPS) is 12.3. The van der Waals surface area contributed by atoms with E-state index < -0.39 is 6.09 Å². The molecule has 0 aliphatic carbocycles. The average molecular weight is 404 g/mol. The number of carbonyl (C=O) groups excluding carboxylic acids is 1. The first-order chi connectivity index (χ1) is 13.5. The van der Waals surface area contributed by atoms with E-state index in [1.54, 1.807) is 16.8 Å². The van der Waals surface area contributed by atoms with Crippen LogP contribution >= 0.6 is 11.6 Å². The van der Waals surface area contributed by atoms with Crippen LogP contribution in [0.1, 0.15) is 45.2 Å². The molecule has 28 heavy (non-hydrogen) atoms. The van der Waals surface area contributed by atoms with Gasteiger partial charge in [0, 0.05) is 11.3 Å². The molecule has 0 saturated carbocycles. The van der Waals surface area contributed by atoms with Crippen LogP contribution in [0.2, 0.25) is 5.02 Å². The highest BCUT2D eigenvalue weighted by Crippen LogP contribution is 2.24. The van der Waals surface area contributed by atoms with Crippen LogP contribution in [0, 0.1) is 12.8 Å². The van der Waals surface area contributed by atoms with Crippen LogP contribution in [0.4, 0.5) is 10.5 Å². The van der Waals surface area contributed by atoms with Crippen molar-refractivity contribution in [1.29, 1.82) is 0 Å². The molecule has 8 heteroatoms. The Morgan fingerprint density at radius 1 is 1.32 bits per heavy atom. The maximum atomic E-state index is 12.0. The summed E-state index contributed by atoms with van der Waals surface area (Å²) in [5.41, 5.74) is 2.90. The van der Waals surface area contributed by atoms with E-state index in [2.05, 4.69) is 34.3 Å². The molecule has 0 aliphatic rings. The second-order valence-corrected chi connectivity index (χ2v) is 7.32. The monoisotopic (exact) mass is 403 g/mol. The van der Waals surface area contributed by atoms with Crippen molar-refractivity contribution in [2.45, 2.75) is 46.5 Å². The molecule has 3 rings (SSSR count). The number of anilines is 1. The number of carbonyl (C=O) groups is 1. The van der Waals surface area contributed by atoms with Crippen LogP contribution in [0.5, 0.6) is 0 Å². The topological polar surface area (TPSA) is 84.3 Å². The predicted molar refractivity (Wildman–Crippen MR) is 111 cm³/mol. The van der Waals surface area contributed by atoms with Crippen molar-refractivity contribution in [1.82, 2.24) is 19.8 Å². The van der Waals surface area contributed by atoms with E-state index >= 15 is 0 Å². The minimum atomic E-state index is -0.432. The smallest absolute Gasteiger partial charge is 0.411 e. The van der Waals surface area contributed by atoms with Crippen LogP contribution < -0.4 is 5.32 Å². The van der Waals surface area contributed by atoms with Gasteiger partial charge in [0.2, 0.25) is 0 Å². The molecule has 0 bridgehead atoms. The van der Waals surface area contributed by atoms with Crippen molar-refractivity contribution in [2.75, 3.05) is 11.9 Å². The Balaban J connectivity index is 1.58. The molecular formula is C20H26ClN5O2. The lowest BCUT2D eigenvalue weighted by atomic mass is 10.0. The highest BCUT2D eigenvalue weighted by molar-refractivity contribution is 6.34. The lowest BCUT2D eigenvalue weighted by Crippen LogP contribution is -2.18. The van der Waals surface area contributed by atoms with Gasteiger partial charge in [-0.25, -0.2) is 9.78 Å². The van der Waals surface area contributed by atoms with E-state index in [0.717, 1.165) is 36.9 Å². The van der Waals surface area contributed by atoms with Crippen molar-refractivity contribution in [3.05, 3.63) is 35.0 Å². The molecule has 0 fully saturated rings. The van der Waals surface area contributed by atoms with Crippen molar-refractivity contribution >= 4 is 29.0 Å². The number of ether oxygens (including phenoxy) is 1. The number of aromatic amines is 1. The van der Waals surface area contributed by atoms with Gasteiger partial charge in [-0.3, -0.25) is 10.4 Å². The molecule has 2 aromatic heterocycles. The van der Waals surface area contributed by atoms with E-state index in [0.29, 0.717) is 34.7 Å². The molecule has 1 amide bonds. The van der Waals surface area contributed by atoms with Gasteiger partial charge in [0.1, 0.15) is 5.02 Å². The van der Waals surface area contributed by atoms with Gasteiger partial charge in [-0.05, 0) is 43.5 Å². The molecule has 2 heterocycles. The maximum absolute atomic E-state index is 12.0. The molecule has 0 aliphatic heterocycles. The molecule has 7 nitrogen and oxygen atoms in total. The predicted octanol–water partition coefficient (Wildman–Crippen LogP) is 5.45. The summed E-state index contributed by atoms with van der Waals surface area (Å²) < 4.78 is 6.92. The number of fused-ring (bicyclic) bond motifs is 1. The lowest BCUT2D eigenvalue weighted by Gasteiger charge is -2.15. The maximum Gasteiger partial charge on any atom is 0.411 e. The largest absolute Gasteiger partial charge is 0.449 e. The molecular weight excluding hydrogens is 378 g/mol. The van der Waals surface area contributed by atoms with Crippen LogP contribution in [0.15, 0.2) is 24.3 Å². The standard InChI is InChI=1S/C20H26ClN5O2/c1-4-6-7-14(5-2)12-28-20(27)22-16-10-8-15(9-11-16)18-23-19-17(21)13(3)24-26(19)25-18/h8-11,14,24H,4-7,12H2,1-3H3,(H,22,27). The minimum Gasteiger partial charge on any atom is -0.449 e. The van der Waals surface area contributed by atoms with Crippen molar-refractivity contribution in [3.63, 3.8) is 0 Å². The molecule has 0 saturated heterocycles. The number of unbranched alkanes of at least 4 members (excludes halogenated alkanes) is 1. The molecule has 3 aromatic rings. The third kappa shape index (κ3) is 4.65. The third-order valence-corrected chi connectivity index (χ3v) is 5.24. The molecule has 1 aromatic carbocycles. The number of halogens is 1. The van der Waals surface area contributed by atoms with Crippen molar-refractivity contribution in [3.8, 4) is 11.4 Å². The van der Waals surface area contributed by atoms with Crippen molar-refractivity contribution < 1.29 is 9.53 Å². The number of nitrogens with one attached hydrogen (secondary N) is 2. The summed E-state index contributed by atoms with van der Waals surface area (Å²) in [6.07, 6.45) is 3.98. The SMILES string of the molecule is CCCCC(CC)COC(=O)Nc1ccc(-c2nc3c(Cl)c(C)[nH]n3n2)cc1. The van der Waals surface area contributed by atoms with Gasteiger partial charge < -0.3 is 4.74 Å². The van der Waals surface area contributed by atoms with E-state index in [9.17, 15) is 4.79 Å². The van der Waals surface area contributed by atoms with E-state index in [-0.39, 0.29) is 0 Å². The van der Waals surface area contributed by atoms with Gasteiger partial charge in [0.15, 0.2) is 11.5 Å². The highest BCUT2D eigenvalue weighted by Gasteiger charge is 2.14. The fourth-order valence-corrected chi connectivity index (χ4v) is 3.14. The Hall–Kier alpha value is -2.54. The fourth-order valence-electron chi connectivity index (χ4n) is 2.98. The van der Waals surface area contributed by atoms with E-state index in [4.69, 9.17) is 16.3 Å². The Kier molecular flexibility index (Phi) is 6.57. The zero-order chi connectivity index (χ0) is 20.1. The van der Waals surface area contributed by atoms with Gasteiger partial charge in [0.05, 0.1) is 12.3 Å². The zero-order valence-corrected chi connectivity index (χ0v) is 17.2. The van der Waals surface area contributed by atoms with Gasteiger partial charge in [-0.15, -0.1) is 5.10 Å². The summed E-state index contributed by atoms with van der Waals surface area (Å²) in [5.74, 6) is 0.976. The zero-order valence-electron chi connectivity index (χ0n) is 16.5. The number of rotatable bonds is 8. The fraction of sp³-hybridized carbons (Fsp3) is 0.450. The Bertz CT molecular complexity index is 932. The average Bonchev–Trinajstić information content (AvgIpc) is 3.22. The number of amides is 1. The molecule has 1 atom stereocenters. The van der Waals surface area contributed by atoms with Gasteiger partial charge in [0.25, 0.3) is 0 Å². The molecule has 1 unspecified atom stereocenters. The molecule has 2 N–H and O–H groups in total. The number of benzene rings is 1. The molecule has 150 valence electrons. The van der Waals surface area contributed by atoms with E-state index in [1.807, 2.05) is 19.1 Å². The Morgan fingerprint density at radius 3 is 2.71 bits per heavy atom. The number of H-pyrrole nitrogens is 1. The number of hydrogen-bond acceptors (Lipinski definition) is 4. The first-order valence-corrected chi connectivity index (χ1v) is 10.0. The van der Waals surface area contributed by atoms with E-state index in [1.165, 1.54) is 0 Å². The summed E-state index contributed by atoms with van der Waals surface area (Å²) in [5, 5.41) is 10.7. The number of aromatic nitrogens is 4. The minimum absolute atomic E-state index is 0.417. The highest BCUT2D eigenvalue weighted by atomic mass is 35.5. The van der Waals surface area contributed by atoms with Crippen LogP contribution in [0.25, 0.3) is 17.0 Å². The first-order valence-electron chi connectivity index (χ1n) is 9.66. The second kappa shape index (κ2) is 9.10. The Labute approximate surface area is 169 Å². The second-order valence-electron chi connectivity index (χ2n) is 6.94. The third-order valence-electron chi connectivity index (χ3n) is 4.79. The van der Waals surface area contributed by atoms with Gasteiger partial charge in [-0.2, -0.15) is 4.63 Å². The van der Waals surface area contributed by atoms with Crippen LogP contribution in [-0.4, -0.2) is 32.5 Å². The first kappa shape index (κ1) is 20.2. The summed E-state index contributed by atoms with van der Waals surface area (Å²) in [7, 11) is 0. The summed E-state index contributed by atoms with van der Waals surface area (Å²) >= 11 is 6.20. The van der Waals surface area contributed by atoms with Crippen LogP contribution in [-0.2, 0) is 4.74 Å². The van der Waals surface area contributed by atoms with Gasteiger partial charge >= 0.3 is 6.09 Å². The molecule has 0 spiro atoms. The summed E-state index contributed by atoms with van der Waals surface area (Å²) in [4.78, 5) is 16.5. The Morgan fingerprint density at radius 2 is 2.07 bits per heavy atom. The number of nitrogens with zero attached hydrogens (tertiary/aromatic N) is 3. The number of hydrogen-bond donors (Lipinski definition) is 2. The van der Waals surface area contributed by atoms with Crippen LogP contribution in [0.3, 0.4) is 0 Å². The molecule has 0 radical (unpaired) electrons. The van der Waals surface area contributed by atoms with Gasteiger partial charge in [-0.1, -0.05) is 44.7 Å². The number of aryl methyl sites for hydroxylation is 1. The summed E-state index contributed by atoms with van der Waals surface area (Å²) in [6.45, 7) is 6.61. The van der Waals surface area contributed by atoms with Crippen molar-refractivity contribution in [2.24, 2.45) is 5.92 Å².